The van der Waals surface area contributed by atoms with Gasteiger partial charge in [-0.2, -0.15) is 0 Å². The van der Waals surface area contributed by atoms with E-state index in [1.807, 2.05) is 18.2 Å². The van der Waals surface area contributed by atoms with Crippen LogP contribution in [0.25, 0.3) is 11.3 Å². The zero-order chi connectivity index (χ0) is 13.8. The Morgan fingerprint density at radius 2 is 1.95 bits per heavy atom. The van der Waals surface area contributed by atoms with E-state index in [4.69, 9.17) is 27.6 Å². The van der Waals surface area contributed by atoms with E-state index in [1.54, 1.807) is 12.1 Å². The van der Waals surface area contributed by atoms with Crippen molar-refractivity contribution in [3.8, 4) is 11.3 Å². The van der Waals surface area contributed by atoms with E-state index in [1.165, 1.54) is 0 Å². The summed E-state index contributed by atoms with van der Waals surface area (Å²) in [6, 6.07) is 9.53. The van der Waals surface area contributed by atoms with Crippen molar-refractivity contribution in [1.82, 2.24) is 5.32 Å². The molecule has 0 aliphatic rings. The molecule has 0 radical (unpaired) electrons. The van der Waals surface area contributed by atoms with Gasteiger partial charge in [0.05, 0.1) is 11.1 Å². The molecule has 0 amide bonds. The molecule has 1 aromatic heterocycles. The summed E-state index contributed by atoms with van der Waals surface area (Å²) >= 11 is 12.2. The van der Waals surface area contributed by atoms with Crippen LogP contribution < -0.4 is 5.32 Å². The summed E-state index contributed by atoms with van der Waals surface area (Å²) in [4.78, 5) is 0. The molecule has 0 bridgehead atoms. The van der Waals surface area contributed by atoms with Crippen LogP contribution in [0.3, 0.4) is 0 Å². The molecule has 0 aliphatic carbocycles. The number of hydrogen-bond donors (Lipinski definition) is 1. The van der Waals surface area contributed by atoms with Gasteiger partial charge < -0.3 is 9.73 Å². The largest absolute Gasteiger partial charge is 0.459 e. The first-order chi connectivity index (χ1) is 9.15. The van der Waals surface area contributed by atoms with Crippen molar-refractivity contribution in [3.63, 3.8) is 0 Å². The van der Waals surface area contributed by atoms with Gasteiger partial charge in [-0.25, -0.2) is 0 Å². The zero-order valence-corrected chi connectivity index (χ0v) is 12.6. The zero-order valence-electron chi connectivity index (χ0n) is 11.0. The van der Waals surface area contributed by atoms with Crippen LogP contribution in [0.2, 0.25) is 10.0 Å². The molecular weight excluding hydrogens is 281 g/mol. The number of furan rings is 1. The van der Waals surface area contributed by atoms with Crippen molar-refractivity contribution in [2.75, 3.05) is 6.54 Å². The van der Waals surface area contributed by atoms with Crippen molar-refractivity contribution in [2.45, 2.75) is 26.3 Å². The Bertz CT molecular complexity index is 551. The lowest BCUT2D eigenvalue weighted by molar-refractivity contribution is 0.417. The summed E-state index contributed by atoms with van der Waals surface area (Å²) in [5, 5.41) is 4.68. The van der Waals surface area contributed by atoms with Crippen LogP contribution in [0.1, 0.15) is 32.1 Å². The van der Waals surface area contributed by atoms with Gasteiger partial charge in [-0.3, -0.25) is 0 Å². The van der Waals surface area contributed by atoms with E-state index >= 15 is 0 Å². The van der Waals surface area contributed by atoms with Crippen molar-refractivity contribution in [3.05, 3.63) is 46.1 Å². The monoisotopic (exact) mass is 297 g/mol. The first-order valence-corrected chi connectivity index (χ1v) is 7.19. The molecule has 1 aromatic carbocycles. The topological polar surface area (TPSA) is 25.2 Å². The van der Waals surface area contributed by atoms with E-state index in [2.05, 4.69) is 19.2 Å². The third-order valence-electron chi connectivity index (χ3n) is 3.02. The molecule has 1 unspecified atom stereocenters. The Labute approximate surface area is 123 Å². The lowest BCUT2D eigenvalue weighted by Crippen LogP contribution is -2.19. The predicted octanol–water partition coefficient (Wildman–Crippen LogP) is 5.31. The summed E-state index contributed by atoms with van der Waals surface area (Å²) < 4.78 is 5.91. The molecule has 1 N–H and O–H groups in total. The Balaban J connectivity index is 2.32. The van der Waals surface area contributed by atoms with E-state index in [9.17, 15) is 0 Å². The number of nitrogens with one attached hydrogen (secondary N) is 1. The normalized spacial score (nSPS) is 12.6. The third kappa shape index (κ3) is 3.33. The van der Waals surface area contributed by atoms with Gasteiger partial charge in [-0.05, 0) is 43.3 Å². The SMILES string of the molecule is CCNC(CC)c1ccc(-c2cc(Cl)ccc2Cl)o1. The van der Waals surface area contributed by atoms with Gasteiger partial charge in [0, 0.05) is 10.6 Å². The third-order valence-corrected chi connectivity index (χ3v) is 3.59. The summed E-state index contributed by atoms with van der Waals surface area (Å²) in [5.41, 5.74) is 0.826. The lowest BCUT2D eigenvalue weighted by atomic mass is 10.1. The van der Waals surface area contributed by atoms with Gasteiger partial charge in [0.25, 0.3) is 0 Å². The molecule has 2 nitrogen and oxygen atoms in total. The quantitative estimate of drug-likeness (QED) is 0.808. The molecule has 19 heavy (non-hydrogen) atoms. The van der Waals surface area contributed by atoms with Crippen LogP contribution in [0.5, 0.6) is 0 Å². The van der Waals surface area contributed by atoms with Crippen LogP contribution in [0.4, 0.5) is 0 Å². The maximum atomic E-state index is 6.18. The Kier molecular flexibility index (Phi) is 4.92. The van der Waals surface area contributed by atoms with Crippen LogP contribution in [-0.4, -0.2) is 6.54 Å². The molecule has 0 fully saturated rings. The smallest absolute Gasteiger partial charge is 0.135 e. The van der Waals surface area contributed by atoms with E-state index in [0.717, 1.165) is 30.0 Å². The number of hydrogen-bond acceptors (Lipinski definition) is 2. The van der Waals surface area contributed by atoms with Gasteiger partial charge in [0.1, 0.15) is 11.5 Å². The lowest BCUT2D eigenvalue weighted by Gasteiger charge is -2.12. The van der Waals surface area contributed by atoms with Crippen LogP contribution >= 0.6 is 23.2 Å². The second-order valence-corrected chi connectivity index (χ2v) is 5.19. The van der Waals surface area contributed by atoms with Gasteiger partial charge in [0.15, 0.2) is 0 Å². The predicted molar refractivity (Wildman–Crippen MR) is 80.9 cm³/mol. The number of halogens is 2. The maximum Gasteiger partial charge on any atom is 0.135 e. The minimum atomic E-state index is 0.233. The van der Waals surface area contributed by atoms with Crippen molar-refractivity contribution in [1.29, 1.82) is 0 Å². The summed E-state index contributed by atoms with van der Waals surface area (Å²) in [6.45, 7) is 5.12. The molecule has 2 aromatic rings. The molecule has 0 spiro atoms. The Morgan fingerprint density at radius 1 is 1.16 bits per heavy atom. The highest BCUT2D eigenvalue weighted by atomic mass is 35.5. The Hall–Kier alpha value is -0.960. The van der Waals surface area contributed by atoms with Crippen molar-refractivity contribution < 1.29 is 4.42 Å². The van der Waals surface area contributed by atoms with Crippen LogP contribution in [-0.2, 0) is 0 Å². The van der Waals surface area contributed by atoms with Gasteiger partial charge in [-0.1, -0.05) is 37.0 Å². The minimum Gasteiger partial charge on any atom is -0.459 e. The maximum absolute atomic E-state index is 6.18. The van der Waals surface area contributed by atoms with Crippen LogP contribution in [0, 0.1) is 0 Å². The first kappa shape index (κ1) is 14.4. The van der Waals surface area contributed by atoms with Crippen molar-refractivity contribution in [2.24, 2.45) is 0 Å². The minimum absolute atomic E-state index is 0.233. The Morgan fingerprint density at radius 3 is 2.63 bits per heavy atom. The average Bonchev–Trinajstić information content (AvgIpc) is 2.88. The number of rotatable bonds is 5. The molecule has 4 heteroatoms. The average molecular weight is 298 g/mol. The molecule has 2 rings (SSSR count). The molecule has 0 aliphatic heterocycles. The second-order valence-electron chi connectivity index (χ2n) is 4.34. The highest BCUT2D eigenvalue weighted by molar-refractivity contribution is 6.35. The molecule has 1 atom stereocenters. The van der Waals surface area contributed by atoms with E-state index in [-0.39, 0.29) is 6.04 Å². The highest BCUT2D eigenvalue weighted by Crippen LogP contribution is 2.33. The van der Waals surface area contributed by atoms with Crippen LogP contribution in [0.15, 0.2) is 34.7 Å². The highest BCUT2D eigenvalue weighted by Gasteiger charge is 2.14. The van der Waals surface area contributed by atoms with Crippen molar-refractivity contribution >= 4 is 23.2 Å². The molecule has 0 saturated heterocycles. The number of benzene rings is 1. The summed E-state index contributed by atoms with van der Waals surface area (Å²) in [6.07, 6.45) is 0.976. The molecule has 102 valence electrons. The fraction of sp³-hybridized carbons (Fsp3) is 0.333. The fourth-order valence-electron chi connectivity index (χ4n) is 2.06. The molecular formula is C15H17Cl2NO. The summed E-state index contributed by atoms with van der Waals surface area (Å²) in [7, 11) is 0. The standard InChI is InChI=1S/C15H17Cl2NO/c1-3-13(18-4-2)15-8-7-14(19-15)11-9-10(16)5-6-12(11)17/h5-9,13,18H,3-4H2,1-2H3. The van der Waals surface area contributed by atoms with E-state index in [0.29, 0.717) is 10.0 Å². The second kappa shape index (κ2) is 6.47. The molecule has 1 heterocycles. The van der Waals surface area contributed by atoms with Gasteiger partial charge >= 0.3 is 0 Å². The van der Waals surface area contributed by atoms with Gasteiger partial charge in [-0.15, -0.1) is 0 Å². The summed E-state index contributed by atoms with van der Waals surface area (Å²) in [5.74, 6) is 1.68. The first-order valence-electron chi connectivity index (χ1n) is 6.44. The fourth-order valence-corrected chi connectivity index (χ4v) is 2.45. The van der Waals surface area contributed by atoms with E-state index < -0.39 is 0 Å². The van der Waals surface area contributed by atoms with Gasteiger partial charge in [0.2, 0.25) is 0 Å². The molecule has 0 saturated carbocycles.